The monoisotopic (exact) mass is 381 g/mol. The van der Waals surface area contributed by atoms with E-state index in [2.05, 4.69) is 45.3 Å². The van der Waals surface area contributed by atoms with Crippen molar-refractivity contribution in [2.75, 3.05) is 5.73 Å². The van der Waals surface area contributed by atoms with Crippen LogP contribution in [-0.2, 0) is 13.0 Å². The molecule has 5 rings (SSSR count). The molecule has 6 heteroatoms. The zero-order chi connectivity index (χ0) is 19.8. The van der Waals surface area contributed by atoms with Gasteiger partial charge in [0.1, 0.15) is 5.82 Å². The van der Waals surface area contributed by atoms with Crippen molar-refractivity contribution in [1.82, 2.24) is 19.5 Å². The molecule has 0 aliphatic heterocycles. The molecule has 142 valence electrons. The summed E-state index contributed by atoms with van der Waals surface area (Å²) in [6.45, 7) is 0.542. The summed E-state index contributed by atoms with van der Waals surface area (Å²) in [6, 6.07) is 22.3. The molecule has 2 aromatic heterocycles. The average molecular weight is 381 g/mol. The zero-order valence-electron chi connectivity index (χ0n) is 15.7. The molecule has 0 unspecified atom stereocenters. The summed E-state index contributed by atoms with van der Waals surface area (Å²) in [5, 5.41) is 2.36. The maximum Gasteiger partial charge on any atom is 0.276 e. The number of aromatic nitrogens is 4. The first kappa shape index (κ1) is 17.2. The van der Waals surface area contributed by atoms with Gasteiger partial charge in [0.05, 0.1) is 6.33 Å². The van der Waals surface area contributed by atoms with Crippen molar-refractivity contribution in [2.45, 2.75) is 13.0 Å². The van der Waals surface area contributed by atoms with Gasteiger partial charge in [0.15, 0.2) is 11.2 Å². The summed E-state index contributed by atoms with van der Waals surface area (Å²) in [5.74, 6) is 0.794. The lowest BCUT2D eigenvalue weighted by atomic mass is 10.1. The first-order valence-corrected chi connectivity index (χ1v) is 9.42. The molecule has 2 heterocycles. The van der Waals surface area contributed by atoms with Gasteiger partial charge in [-0.15, -0.1) is 0 Å². The number of anilines is 1. The second kappa shape index (κ2) is 6.91. The van der Waals surface area contributed by atoms with Gasteiger partial charge < -0.3 is 15.3 Å². The van der Waals surface area contributed by atoms with E-state index >= 15 is 0 Å². The summed E-state index contributed by atoms with van der Waals surface area (Å²) in [7, 11) is 0. The quantitative estimate of drug-likeness (QED) is 0.466. The molecule has 0 radical (unpaired) electrons. The molecule has 0 saturated heterocycles. The van der Waals surface area contributed by atoms with E-state index in [0.29, 0.717) is 24.1 Å². The van der Waals surface area contributed by atoms with E-state index < -0.39 is 0 Å². The highest BCUT2D eigenvalue weighted by Crippen LogP contribution is 2.20. The minimum absolute atomic E-state index is 0.188. The fraction of sp³-hybridized carbons (Fsp3) is 0.0870. The van der Waals surface area contributed by atoms with E-state index in [9.17, 15) is 4.79 Å². The molecule has 0 bridgehead atoms. The number of benzene rings is 3. The van der Waals surface area contributed by atoms with Gasteiger partial charge in [-0.3, -0.25) is 4.79 Å². The van der Waals surface area contributed by atoms with Gasteiger partial charge in [-0.25, -0.2) is 9.97 Å². The van der Waals surface area contributed by atoms with E-state index in [1.165, 1.54) is 17.1 Å². The summed E-state index contributed by atoms with van der Waals surface area (Å²) >= 11 is 0. The van der Waals surface area contributed by atoms with Crippen molar-refractivity contribution in [1.29, 1.82) is 0 Å². The standard InChI is InChI=1S/C23H19N5O/c24-19-9-6-15(7-10-19)12-20-27-22-21(23(29)26-14-25-22)28(20)13-16-5-8-17-3-1-2-4-18(17)11-16/h1-11,14H,12-13,24H2,(H,25,26,29). The van der Waals surface area contributed by atoms with E-state index in [4.69, 9.17) is 5.73 Å². The van der Waals surface area contributed by atoms with Crippen LogP contribution < -0.4 is 11.3 Å². The number of nitrogen functional groups attached to an aromatic ring is 1. The Morgan fingerprint density at radius 3 is 2.52 bits per heavy atom. The minimum atomic E-state index is -0.188. The second-order valence-corrected chi connectivity index (χ2v) is 7.12. The van der Waals surface area contributed by atoms with Crippen LogP contribution in [0, 0.1) is 0 Å². The molecule has 29 heavy (non-hydrogen) atoms. The number of rotatable bonds is 4. The number of imidazole rings is 1. The average Bonchev–Trinajstić information content (AvgIpc) is 3.08. The van der Waals surface area contributed by atoms with Crippen LogP contribution in [0.1, 0.15) is 17.0 Å². The normalized spacial score (nSPS) is 11.3. The maximum atomic E-state index is 12.5. The SMILES string of the molecule is Nc1ccc(Cc2nc3nc[nH]c(=O)c3n2Cc2ccc3ccccc3c2)cc1. The fourth-order valence-electron chi connectivity index (χ4n) is 3.66. The van der Waals surface area contributed by atoms with Crippen molar-refractivity contribution < 1.29 is 0 Å². The Kier molecular flexibility index (Phi) is 4.09. The highest BCUT2D eigenvalue weighted by atomic mass is 16.1. The Morgan fingerprint density at radius 1 is 0.931 bits per heavy atom. The van der Waals surface area contributed by atoms with E-state index in [1.807, 2.05) is 41.0 Å². The number of hydrogen-bond acceptors (Lipinski definition) is 4. The van der Waals surface area contributed by atoms with Crippen LogP contribution in [0.2, 0.25) is 0 Å². The maximum absolute atomic E-state index is 12.5. The van der Waals surface area contributed by atoms with Crippen molar-refractivity contribution >= 4 is 27.6 Å². The largest absolute Gasteiger partial charge is 0.399 e. The highest BCUT2D eigenvalue weighted by Gasteiger charge is 2.15. The molecule has 0 fully saturated rings. The lowest BCUT2D eigenvalue weighted by molar-refractivity contribution is 0.760. The molecular weight excluding hydrogens is 362 g/mol. The first-order chi connectivity index (χ1) is 14.2. The van der Waals surface area contributed by atoms with E-state index in [-0.39, 0.29) is 5.56 Å². The Balaban J connectivity index is 1.61. The summed E-state index contributed by atoms with van der Waals surface area (Å²) in [4.78, 5) is 24.1. The lowest BCUT2D eigenvalue weighted by Gasteiger charge is -2.10. The van der Waals surface area contributed by atoms with Crippen LogP contribution in [0.3, 0.4) is 0 Å². The van der Waals surface area contributed by atoms with Crippen LogP contribution in [0.15, 0.2) is 77.9 Å². The zero-order valence-corrected chi connectivity index (χ0v) is 15.7. The molecule has 0 aliphatic rings. The van der Waals surface area contributed by atoms with E-state index in [0.717, 1.165) is 22.6 Å². The van der Waals surface area contributed by atoms with Gasteiger partial charge in [0.25, 0.3) is 5.56 Å². The van der Waals surface area contributed by atoms with Crippen molar-refractivity contribution in [3.63, 3.8) is 0 Å². The molecule has 3 aromatic carbocycles. The van der Waals surface area contributed by atoms with Gasteiger partial charge in [0.2, 0.25) is 0 Å². The van der Waals surface area contributed by atoms with Gasteiger partial charge >= 0.3 is 0 Å². The predicted molar refractivity (Wildman–Crippen MR) is 115 cm³/mol. The molecule has 0 saturated carbocycles. The number of nitrogens with two attached hydrogens (primary N) is 1. The number of nitrogens with one attached hydrogen (secondary N) is 1. The van der Waals surface area contributed by atoms with Crippen LogP contribution in [0.4, 0.5) is 5.69 Å². The van der Waals surface area contributed by atoms with Gasteiger partial charge in [0, 0.05) is 18.7 Å². The first-order valence-electron chi connectivity index (χ1n) is 9.42. The number of fused-ring (bicyclic) bond motifs is 2. The summed E-state index contributed by atoms with van der Waals surface area (Å²) in [6.07, 6.45) is 1.98. The third-order valence-corrected chi connectivity index (χ3v) is 5.12. The van der Waals surface area contributed by atoms with Crippen molar-refractivity contribution in [3.05, 3.63) is 100 Å². The third kappa shape index (κ3) is 3.25. The molecule has 6 nitrogen and oxygen atoms in total. The topological polar surface area (TPSA) is 89.6 Å². The van der Waals surface area contributed by atoms with Gasteiger partial charge in [-0.05, 0) is 40.1 Å². The predicted octanol–water partition coefficient (Wildman–Crippen LogP) is 3.49. The molecule has 0 atom stereocenters. The smallest absolute Gasteiger partial charge is 0.276 e. The summed E-state index contributed by atoms with van der Waals surface area (Å²) < 4.78 is 1.96. The lowest BCUT2D eigenvalue weighted by Crippen LogP contribution is -2.14. The summed E-state index contributed by atoms with van der Waals surface area (Å²) in [5.41, 5.74) is 9.46. The van der Waals surface area contributed by atoms with Crippen LogP contribution >= 0.6 is 0 Å². The molecule has 0 aliphatic carbocycles. The number of aromatic amines is 1. The third-order valence-electron chi connectivity index (χ3n) is 5.12. The van der Waals surface area contributed by atoms with E-state index in [1.54, 1.807) is 0 Å². The molecule has 3 N–H and O–H groups in total. The van der Waals surface area contributed by atoms with Gasteiger partial charge in [-0.2, -0.15) is 0 Å². The highest BCUT2D eigenvalue weighted by molar-refractivity contribution is 5.83. The molecule has 0 amide bonds. The van der Waals surface area contributed by atoms with Crippen LogP contribution in [-0.4, -0.2) is 19.5 Å². The van der Waals surface area contributed by atoms with Crippen LogP contribution in [0.5, 0.6) is 0 Å². The van der Waals surface area contributed by atoms with Gasteiger partial charge in [-0.1, -0.05) is 48.5 Å². The van der Waals surface area contributed by atoms with Crippen LogP contribution in [0.25, 0.3) is 21.9 Å². The number of hydrogen-bond donors (Lipinski definition) is 2. The van der Waals surface area contributed by atoms with Crippen molar-refractivity contribution in [3.8, 4) is 0 Å². The fourth-order valence-corrected chi connectivity index (χ4v) is 3.66. The molecule has 0 spiro atoms. The number of nitrogens with zero attached hydrogens (tertiary/aromatic N) is 3. The second-order valence-electron chi connectivity index (χ2n) is 7.12. The van der Waals surface area contributed by atoms with Crippen molar-refractivity contribution in [2.24, 2.45) is 0 Å². The number of H-pyrrole nitrogens is 1. The molecular formula is C23H19N5O. The Morgan fingerprint density at radius 2 is 1.69 bits per heavy atom. The Bertz CT molecular complexity index is 1380. The Labute approximate surface area is 166 Å². The minimum Gasteiger partial charge on any atom is -0.399 e. The Hall–Kier alpha value is -3.93. The molecule has 5 aromatic rings.